The standard InChI is InChI=1S/C2H3F2N3O5S2/c3-1(8)5-13(10)7-14(11,12)6-2(4)9/h7H,(H,5,8)(H,6,9). The summed E-state index contributed by atoms with van der Waals surface area (Å²) < 4.78 is 57.0. The van der Waals surface area contributed by atoms with Crippen LogP contribution < -0.4 is 13.6 Å². The Kier molecular flexibility index (Phi) is 4.69. The fourth-order valence-electron chi connectivity index (χ4n) is 0.320. The fourth-order valence-corrected chi connectivity index (χ4v) is 1.81. The van der Waals surface area contributed by atoms with Crippen molar-refractivity contribution in [1.82, 2.24) is 13.6 Å². The summed E-state index contributed by atoms with van der Waals surface area (Å²) in [5.74, 6) is 0. The molecule has 8 nitrogen and oxygen atoms in total. The Balaban J connectivity index is 4.22. The first-order valence-corrected chi connectivity index (χ1v) is 5.24. The van der Waals surface area contributed by atoms with Crippen molar-refractivity contribution in [2.45, 2.75) is 0 Å². The highest BCUT2D eigenvalue weighted by Gasteiger charge is 2.23. The zero-order chi connectivity index (χ0) is 11.4. The minimum Gasteiger partial charge on any atom is -0.573 e. The molecule has 0 bridgehead atoms. The van der Waals surface area contributed by atoms with Crippen LogP contribution in [0.25, 0.3) is 0 Å². The zero-order valence-corrected chi connectivity index (χ0v) is 7.75. The maximum atomic E-state index is 11.5. The van der Waals surface area contributed by atoms with Gasteiger partial charge in [0.05, 0.1) is 0 Å². The average Bonchev–Trinajstić information content (AvgIpc) is 1.77. The predicted molar refractivity (Wildman–Crippen MR) is 39.5 cm³/mol. The average molecular weight is 251 g/mol. The van der Waals surface area contributed by atoms with Crippen LogP contribution in [0.3, 0.4) is 0 Å². The summed E-state index contributed by atoms with van der Waals surface area (Å²) in [6.07, 6.45) is -4.70. The van der Waals surface area contributed by atoms with Gasteiger partial charge in [0.2, 0.25) is 0 Å². The Morgan fingerprint density at radius 1 is 1.21 bits per heavy atom. The van der Waals surface area contributed by atoms with Crippen molar-refractivity contribution in [3.8, 4) is 0 Å². The molecule has 14 heavy (non-hydrogen) atoms. The van der Waals surface area contributed by atoms with E-state index in [1.165, 1.54) is 0 Å². The van der Waals surface area contributed by atoms with Gasteiger partial charge < -0.3 is 4.55 Å². The molecule has 0 heterocycles. The van der Waals surface area contributed by atoms with Gasteiger partial charge in [-0.3, -0.25) is 0 Å². The number of carbonyl (C=O) groups excluding carboxylic acids is 2. The van der Waals surface area contributed by atoms with Crippen molar-refractivity contribution >= 4 is 34.1 Å². The number of carbonyl (C=O) groups is 2. The molecule has 0 fully saturated rings. The number of hydrogen-bond donors (Lipinski definition) is 3. The van der Waals surface area contributed by atoms with Gasteiger partial charge in [-0.15, -0.1) is 13.5 Å². The molecule has 0 aromatic heterocycles. The summed E-state index contributed by atoms with van der Waals surface area (Å²) in [7, 11) is -4.73. The zero-order valence-electron chi connectivity index (χ0n) is 6.11. The third-order valence-electron chi connectivity index (χ3n) is 0.573. The Hall–Kier alpha value is -0.980. The largest absolute Gasteiger partial charge is 0.573 e. The van der Waals surface area contributed by atoms with Crippen molar-refractivity contribution in [2.75, 3.05) is 0 Å². The molecule has 3 N–H and O–H groups in total. The maximum Gasteiger partial charge on any atom is 0.440 e. The second kappa shape index (κ2) is 5.04. The van der Waals surface area contributed by atoms with E-state index in [2.05, 4.69) is 0 Å². The highest BCUT2D eigenvalue weighted by molar-refractivity contribution is 8.03. The van der Waals surface area contributed by atoms with Crippen molar-refractivity contribution in [3.05, 3.63) is 0 Å². The molecule has 2 amide bonds. The van der Waals surface area contributed by atoms with Crippen molar-refractivity contribution in [1.29, 1.82) is 0 Å². The van der Waals surface area contributed by atoms with Gasteiger partial charge in [0, 0.05) is 4.13 Å². The van der Waals surface area contributed by atoms with E-state index in [4.69, 9.17) is 0 Å². The fraction of sp³-hybridized carbons (Fsp3) is 0. The monoisotopic (exact) mass is 251 g/mol. The topological polar surface area (TPSA) is 127 Å². The lowest BCUT2D eigenvalue weighted by Gasteiger charge is -2.07. The lowest BCUT2D eigenvalue weighted by atomic mass is 11.4. The maximum absolute atomic E-state index is 11.5. The van der Waals surface area contributed by atoms with Crippen LogP contribution in [0.2, 0.25) is 0 Å². The SMILES string of the molecule is O=C(F)N[S+]([O-])NS(=O)(=O)NC(=O)F. The molecule has 12 heteroatoms. The van der Waals surface area contributed by atoms with E-state index in [-0.39, 0.29) is 0 Å². The number of amides is 2. The van der Waals surface area contributed by atoms with Crippen LogP contribution in [0.1, 0.15) is 0 Å². The molecule has 0 aliphatic rings. The van der Waals surface area contributed by atoms with Gasteiger partial charge >= 0.3 is 22.5 Å². The van der Waals surface area contributed by atoms with E-state index in [9.17, 15) is 31.3 Å². The molecule has 1 atom stereocenters. The van der Waals surface area contributed by atoms with E-state index in [0.717, 1.165) is 8.85 Å². The normalized spacial score (nSPS) is 13.1. The van der Waals surface area contributed by atoms with Crippen LogP contribution in [-0.2, 0) is 21.8 Å². The minimum absolute atomic E-state index is 0.712. The smallest absolute Gasteiger partial charge is 0.440 e. The third kappa shape index (κ3) is 6.53. The first-order chi connectivity index (χ1) is 6.23. The van der Waals surface area contributed by atoms with Gasteiger partial charge in [-0.2, -0.15) is 8.42 Å². The van der Waals surface area contributed by atoms with Gasteiger partial charge in [0.15, 0.2) is 11.5 Å². The second-order valence-electron chi connectivity index (χ2n) is 1.61. The predicted octanol–water partition coefficient (Wildman–Crippen LogP) is -1.24. The molecule has 1 unspecified atom stereocenters. The first-order valence-electron chi connectivity index (χ1n) is 2.60. The number of halogens is 2. The highest BCUT2D eigenvalue weighted by Crippen LogP contribution is 1.86. The van der Waals surface area contributed by atoms with Crippen LogP contribution in [0.15, 0.2) is 0 Å². The van der Waals surface area contributed by atoms with Gasteiger partial charge in [0.1, 0.15) is 0 Å². The molecular formula is C2H3F2N3O5S2. The number of hydrogen-bond acceptors (Lipinski definition) is 5. The first kappa shape index (κ1) is 13.0. The van der Waals surface area contributed by atoms with E-state index in [1.54, 1.807) is 0 Å². The van der Waals surface area contributed by atoms with Gasteiger partial charge in [-0.05, 0) is 0 Å². The molecule has 0 aliphatic carbocycles. The van der Waals surface area contributed by atoms with Gasteiger partial charge in [-0.25, -0.2) is 14.3 Å². The lowest BCUT2D eigenvalue weighted by molar-refractivity contribution is 0.226. The van der Waals surface area contributed by atoms with Gasteiger partial charge in [-0.1, -0.05) is 0 Å². The molecule has 0 spiro atoms. The molecule has 0 aliphatic heterocycles. The van der Waals surface area contributed by atoms with E-state index in [1.807, 2.05) is 0 Å². The quantitative estimate of drug-likeness (QED) is 0.327. The summed E-state index contributed by atoms with van der Waals surface area (Å²) in [5, 5.41) is 0. The minimum atomic E-state index is -4.73. The summed E-state index contributed by atoms with van der Waals surface area (Å²) in [6, 6.07) is 0. The molecule has 82 valence electrons. The molecule has 0 aromatic rings. The van der Waals surface area contributed by atoms with Crippen molar-refractivity contribution in [3.63, 3.8) is 0 Å². The van der Waals surface area contributed by atoms with Crippen LogP contribution in [0, 0.1) is 0 Å². The molecule has 0 saturated heterocycles. The van der Waals surface area contributed by atoms with E-state index in [0.29, 0.717) is 4.72 Å². The summed E-state index contributed by atoms with van der Waals surface area (Å²) in [5.41, 5.74) is 0. The second-order valence-corrected chi connectivity index (χ2v) is 4.23. The molecule has 0 radical (unpaired) electrons. The third-order valence-corrected chi connectivity index (χ3v) is 2.83. The summed E-state index contributed by atoms with van der Waals surface area (Å²) >= 11 is -2.83. The lowest BCUT2D eigenvalue weighted by Crippen LogP contribution is -2.47. The molecular weight excluding hydrogens is 248 g/mol. The molecule has 0 aromatic carbocycles. The van der Waals surface area contributed by atoms with Crippen molar-refractivity contribution in [2.24, 2.45) is 0 Å². The molecule has 0 rings (SSSR count). The van der Waals surface area contributed by atoms with Crippen LogP contribution in [-0.4, -0.2) is 25.3 Å². The van der Waals surface area contributed by atoms with Crippen LogP contribution in [0.4, 0.5) is 18.4 Å². The number of rotatable bonds is 4. The van der Waals surface area contributed by atoms with Crippen LogP contribution in [0.5, 0.6) is 0 Å². The summed E-state index contributed by atoms with van der Waals surface area (Å²) in [6.45, 7) is 0. The van der Waals surface area contributed by atoms with Crippen LogP contribution >= 0.6 is 0 Å². The van der Waals surface area contributed by atoms with Crippen molar-refractivity contribution < 1.29 is 31.3 Å². The highest BCUT2D eigenvalue weighted by atomic mass is 32.3. The van der Waals surface area contributed by atoms with Gasteiger partial charge in [0.25, 0.3) is 0 Å². The number of nitrogens with one attached hydrogen (secondary N) is 3. The van der Waals surface area contributed by atoms with E-state index >= 15 is 0 Å². The Bertz CT molecular complexity index is 330. The van der Waals surface area contributed by atoms with E-state index < -0.39 is 34.1 Å². The summed E-state index contributed by atoms with van der Waals surface area (Å²) in [4.78, 5) is 19.2. The Labute approximate surface area is 79.7 Å². The Morgan fingerprint density at radius 3 is 2.07 bits per heavy atom. The Morgan fingerprint density at radius 2 is 1.71 bits per heavy atom. The molecule has 0 saturated carbocycles.